The summed E-state index contributed by atoms with van der Waals surface area (Å²) in [6.07, 6.45) is 0. The Balaban J connectivity index is 2.07. The molecule has 0 radical (unpaired) electrons. The molecule has 5 nitrogen and oxygen atoms in total. The number of carbonyl (C=O) groups excluding carboxylic acids is 1. The highest BCUT2D eigenvalue weighted by Crippen LogP contribution is 2.24. The van der Waals surface area contributed by atoms with Crippen LogP contribution in [0.2, 0.25) is 0 Å². The number of methoxy groups -OCH3 is 2. The van der Waals surface area contributed by atoms with Crippen LogP contribution in [0.3, 0.4) is 0 Å². The SMILES string of the molecule is COc1ccc(OC)c(C(=O)NCc2ccc(N(C)C)cc2)c1. The first-order valence-corrected chi connectivity index (χ1v) is 7.31. The second-order valence-corrected chi connectivity index (χ2v) is 5.31. The normalized spacial score (nSPS) is 10.1. The average Bonchev–Trinajstić information content (AvgIpc) is 2.59. The molecule has 0 atom stereocenters. The Morgan fingerprint density at radius 2 is 1.74 bits per heavy atom. The van der Waals surface area contributed by atoms with Gasteiger partial charge in [-0.05, 0) is 35.9 Å². The third-order valence-electron chi connectivity index (χ3n) is 3.56. The van der Waals surface area contributed by atoms with E-state index in [9.17, 15) is 4.79 Å². The Bertz CT molecular complexity index is 666. The van der Waals surface area contributed by atoms with Gasteiger partial charge in [0.25, 0.3) is 5.91 Å². The molecule has 0 aliphatic rings. The first-order chi connectivity index (χ1) is 11.0. The van der Waals surface area contributed by atoms with Crippen LogP contribution in [0.25, 0.3) is 0 Å². The average molecular weight is 314 g/mol. The van der Waals surface area contributed by atoms with Gasteiger partial charge in [0.15, 0.2) is 0 Å². The number of rotatable bonds is 6. The van der Waals surface area contributed by atoms with Crippen molar-refractivity contribution >= 4 is 11.6 Å². The van der Waals surface area contributed by atoms with E-state index in [1.165, 1.54) is 0 Å². The van der Waals surface area contributed by atoms with E-state index in [2.05, 4.69) is 5.32 Å². The highest BCUT2D eigenvalue weighted by atomic mass is 16.5. The van der Waals surface area contributed by atoms with Gasteiger partial charge in [-0.2, -0.15) is 0 Å². The van der Waals surface area contributed by atoms with Crippen LogP contribution in [-0.4, -0.2) is 34.2 Å². The molecule has 0 bridgehead atoms. The molecule has 0 heterocycles. The summed E-state index contributed by atoms with van der Waals surface area (Å²) in [5.41, 5.74) is 2.61. The van der Waals surface area contributed by atoms with E-state index in [0.29, 0.717) is 23.6 Å². The monoisotopic (exact) mass is 314 g/mol. The Labute approximate surface area is 136 Å². The highest BCUT2D eigenvalue weighted by molar-refractivity contribution is 5.97. The Morgan fingerprint density at radius 3 is 2.30 bits per heavy atom. The molecule has 0 fully saturated rings. The van der Waals surface area contributed by atoms with Crippen molar-refractivity contribution < 1.29 is 14.3 Å². The minimum atomic E-state index is -0.197. The van der Waals surface area contributed by atoms with Crippen LogP contribution in [-0.2, 0) is 6.54 Å². The number of ether oxygens (including phenoxy) is 2. The second-order valence-electron chi connectivity index (χ2n) is 5.31. The van der Waals surface area contributed by atoms with Crippen molar-refractivity contribution in [3.05, 3.63) is 53.6 Å². The molecule has 2 aromatic carbocycles. The van der Waals surface area contributed by atoms with Crippen molar-refractivity contribution in [2.24, 2.45) is 0 Å². The van der Waals surface area contributed by atoms with Crippen LogP contribution < -0.4 is 19.7 Å². The Hall–Kier alpha value is -2.69. The predicted octanol–water partition coefficient (Wildman–Crippen LogP) is 2.70. The van der Waals surface area contributed by atoms with Crippen LogP contribution in [0.15, 0.2) is 42.5 Å². The maximum atomic E-state index is 12.4. The summed E-state index contributed by atoms with van der Waals surface area (Å²) in [5.74, 6) is 0.940. The van der Waals surface area contributed by atoms with Gasteiger partial charge in [0.2, 0.25) is 0 Å². The number of anilines is 1. The van der Waals surface area contributed by atoms with Crippen molar-refractivity contribution in [1.29, 1.82) is 0 Å². The van der Waals surface area contributed by atoms with Gasteiger partial charge in [0.1, 0.15) is 11.5 Å². The third kappa shape index (κ3) is 4.16. The second kappa shape index (κ2) is 7.54. The summed E-state index contributed by atoms with van der Waals surface area (Å²) in [6.45, 7) is 0.451. The van der Waals surface area contributed by atoms with Gasteiger partial charge >= 0.3 is 0 Å². The number of carbonyl (C=O) groups is 1. The molecule has 0 aliphatic heterocycles. The summed E-state index contributed by atoms with van der Waals surface area (Å²) in [4.78, 5) is 14.4. The lowest BCUT2D eigenvalue weighted by molar-refractivity contribution is 0.0947. The molecule has 1 amide bonds. The van der Waals surface area contributed by atoms with Crippen LogP contribution >= 0.6 is 0 Å². The summed E-state index contributed by atoms with van der Waals surface area (Å²) in [7, 11) is 7.09. The van der Waals surface area contributed by atoms with Gasteiger partial charge in [0.05, 0.1) is 19.8 Å². The number of amides is 1. The number of nitrogens with zero attached hydrogens (tertiary/aromatic N) is 1. The fraction of sp³-hybridized carbons (Fsp3) is 0.278. The fourth-order valence-corrected chi connectivity index (χ4v) is 2.18. The van der Waals surface area contributed by atoms with E-state index in [4.69, 9.17) is 9.47 Å². The zero-order chi connectivity index (χ0) is 16.8. The third-order valence-corrected chi connectivity index (χ3v) is 3.56. The smallest absolute Gasteiger partial charge is 0.255 e. The number of hydrogen-bond acceptors (Lipinski definition) is 4. The van der Waals surface area contributed by atoms with E-state index in [1.54, 1.807) is 32.4 Å². The number of hydrogen-bond donors (Lipinski definition) is 1. The first kappa shape index (κ1) is 16.7. The van der Waals surface area contributed by atoms with E-state index in [-0.39, 0.29) is 5.91 Å². The zero-order valence-corrected chi connectivity index (χ0v) is 13.9. The fourth-order valence-electron chi connectivity index (χ4n) is 2.18. The van der Waals surface area contributed by atoms with Crippen LogP contribution in [0, 0.1) is 0 Å². The zero-order valence-electron chi connectivity index (χ0n) is 13.9. The molecule has 2 rings (SSSR count). The minimum absolute atomic E-state index is 0.197. The lowest BCUT2D eigenvalue weighted by atomic mass is 10.1. The van der Waals surface area contributed by atoms with Gasteiger partial charge in [-0.1, -0.05) is 12.1 Å². The molecule has 0 aliphatic carbocycles. The summed E-state index contributed by atoms with van der Waals surface area (Å²) in [6, 6.07) is 13.2. The molecule has 122 valence electrons. The topological polar surface area (TPSA) is 50.8 Å². The number of nitrogens with one attached hydrogen (secondary N) is 1. The highest BCUT2D eigenvalue weighted by Gasteiger charge is 2.13. The first-order valence-electron chi connectivity index (χ1n) is 7.31. The van der Waals surface area contributed by atoms with Gasteiger partial charge in [-0.25, -0.2) is 0 Å². The lowest BCUT2D eigenvalue weighted by Crippen LogP contribution is -2.23. The van der Waals surface area contributed by atoms with E-state index in [1.807, 2.05) is 43.3 Å². The van der Waals surface area contributed by atoms with Gasteiger partial charge in [-0.15, -0.1) is 0 Å². The van der Waals surface area contributed by atoms with Crippen molar-refractivity contribution in [2.75, 3.05) is 33.2 Å². The Kier molecular flexibility index (Phi) is 5.46. The molecule has 5 heteroatoms. The molecule has 0 unspecified atom stereocenters. The predicted molar refractivity (Wildman–Crippen MR) is 91.5 cm³/mol. The molecule has 0 saturated heterocycles. The largest absolute Gasteiger partial charge is 0.497 e. The molecule has 0 spiro atoms. The molecule has 0 saturated carbocycles. The molecular weight excluding hydrogens is 292 g/mol. The van der Waals surface area contributed by atoms with E-state index < -0.39 is 0 Å². The number of benzene rings is 2. The van der Waals surface area contributed by atoms with Gasteiger partial charge in [0, 0.05) is 26.3 Å². The van der Waals surface area contributed by atoms with E-state index >= 15 is 0 Å². The quantitative estimate of drug-likeness (QED) is 0.891. The standard InChI is InChI=1S/C18H22N2O3/c1-20(2)14-7-5-13(6-8-14)12-19-18(21)16-11-15(22-3)9-10-17(16)23-4/h5-11H,12H2,1-4H3,(H,19,21). The minimum Gasteiger partial charge on any atom is -0.497 e. The maximum Gasteiger partial charge on any atom is 0.255 e. The van der Waals surface area contributed by atoms with Crippen LogP contribution in [0.5, 0.6) is 11.5 Å². The van der Waals surface area contributed by atoms with Crippen LogP contribution in [0.4, 0.5) is 5.69 Å². The summed E-state index contributed by atoms with van der Waals surface area (Å²) in [5, 5.41) is 2.90. The molecular formula is C18H22N2O3. The maximum absolute atomic E-state index is 12.4. The summed E-state index contributed by atoms with van der Waals surface area (Å²) < 4.78 is 10.4. The molecule has 1 N–H and O–H groups in total. The summed E-state index contributed by atoms with van der Waals surface area (Å²) >= 11 is 0. The van der Waals surface area contributed by atoms with Gasteiger partial charge in [-0.3, -0.25) is 4.79 Å². The van der Waals surface area contributed by atoms with Crippen molar-refractivity contribution in [1.82, 2.24) is 5.32 Å². The molecule has 0 aromatic heterocycles. The lowest BCUT2D eigenvalue weighted by Gasteiger charge is -2.13. The van der Waals surface area contributed by atoms with Crippen molar-refractivity contribution in [3.63, 3.8) is 0 Å². The molecule has 2 aromatic rings. The van der Waals surface area contributed by atoms with Crippen LogP contribution in [0.1, 0.15) is 15.9 Å². The Morgan fingerprint density at radius 1 is 1.04 bits per heavy atom. The van der Waals surface area contributed by atoms with E-state index in [0.717, 1.165) is 11.3 Å². The molecule has 23 heavy (non-hydrogen) atoms. The van der Waals surface area contributed by atoms with Crippen molar-refractivity contribution in [2.45, 2.75) is 6.54 Å². The van der Waals surface area contributed by atoms with Gasteiger partial charge < -0.3 is 19.7 Å². The van der Waals surface area contributed by atoms with Crippen molar-refractivity contribution in [3.8, 4) is 11.5 Å².